The number of hydrogen-bond donors (Lipinski definition) is 1. The van der Waals surface area contributed by atoms with Gasteiger partial charge in [0.05, 0.1) is 42.9 Å². The van der Waals surface area contributed by atoms with Crippen LogP contribution in [-0.2, 0) is 16.1 Å². The van der Waals surface area contributed by atoms with Crippen molar-refractivity contribution in [3.63, 3.8) is 0 Å². The van der Waals surface area contributed by atoms with Gasteiger partial charge in [0, 0.05) is 10.8 Å². The third-order valence-corrected chi connectivity index (χ3v) is 6.06. The molecule has 0 aromatic heterocycles. The Morgan fingerprint density at radius 2 is 1.62 bits per heavy atom. The number of rotatable bonds is 6. The number of phenolic OH excluding ortho intramolecular Hbond substituents is 1. The molecule has 1 aliphatic rings. The molecule has 0 saturated carbocycles. The zero-order valence-corrected chi connectivity index (χ0v) is 20.2. The van der Waals surface area contributed by atoms with Gasteiger partial charge in [-0.3, -0.25) is 0 Å². The summed E-state index contributed by atoms with van der Waals surface area (Å²) in [6.07, 6.45) is -0.701. The van der Waals surface area contributed by atoms with Gasteiger partial charge >= 0.3 is 0 Å². The minimum atomic E-state index is -0.701. The molecule has 1 saturated heterocycles. The van der Waals surface area contributed by atoms with Crippen LogP contribution in [0.1, 0.15) is 31.3 Å². The lowest BCUT2D eigenvalue weighted by atomic mass is 9.94. The predicted molar refractivity (Wildman–Crippen MR) is 126 cm³/mol. The first-order valence-electron chi connectivity index (χ1n) is 10.3. The maximum atomic E-state index is 10.9. The van der Waals surface area contributed by atoms with Crippen molar-refractivity contribution < 1.29 is 28.8 Å². The maximum Gasteiger partial charge on any atom is 0.191 e. The maximum absolute atomic E-state index is 10.9. The highest BCUT2D eigenvalue weighted by atomic mass is 79.9. The summed E-state index contributed by atoms with van der Waals surface area (Å²) in [5.74, 6) is 1.36. The molecule has 0 spiro atoms. The molecule has 0 atom stereocenters. The van der Waals surface area contributed by atoms with Crippen LogP contribution in [0.3, 0.4) is 0 Å². The number of hydrogen-bond acceptors (Lipinski definition) is 6. The van der Waals surface area contributed by atoms with Gasteiger partial charge in [0.1, 0.15) is 18.1 Å². The molecule has 1 aliphatic heterocycles. The molecule has 3 aromatic rings. The van der Waals surface area contributed by atoms with Crippen LogP contribution in [0.25, 0.3) is 10.8 Å². The Hall–Kier alpha value is -2.48. The van der Waals surface area contributed by atoms with E-state index in [4.69, 9.17) is 23.7 Å². The van der Waals surface area contributed by atoms with Crippen molar-refractivity contribution in [3.05, 3.63) is 58.1 Å². The Morgan fingerprint density at radius 3 is 2.25 bits per heavy atom. The highest BCUT2D eigenvalue weighted by molar-refractivity contribution is 9.10. The number of ether oxygens (including phenoxy) is 5. The van der Waals surface area contributed by atoms with Crippen LogP contribution in [0, 0.1) is 5.41 Å². The molecule has 6 nitrogen and oxygen atoms in total. The Kier molecular flexibility index (Phi) is 6.51. The largest absolute Gasteiger partial charge is 0.506 e. The molecule has 0 unspecified atom stereocenters. The molecular weight excluding hydrogens is 476 g/mol. The number of benzene rings is 3. The Balaban J connectivity index is 1.92. The molecule has 0 bridgehead atoms. The lowest BCUT2D eigenvalue weighted by Crippen LogP contribution is -2.34. The number of halogens is 1. The van der Waals surface area contributed by atoms with Gasteiger partial charge in [0.15, 0.2) is 17.8 Å². The number of fused-ring (bicyclic) bond motifs is 1. The van der Waals surface area contributed by atoms with E-state index in [0.29, 0.717) is 57.9 Å². The average Bonchev–Trinajstić information content (AvgIpc) is 2.79. The fourth-order valence-corrected chi connectivity index (χ4v) is 4.16. The molecule has 1 N–H and O–H groups in total. The second-order valence-corrected chi connectivity index (χ2v) is 9.37. The van der Waals surface area contributed by atoms with Crippen molar-refractivity contribution in [2.24, 2.45) is 5.41 Å². The standard InChI is InChI=1S/C25H27BrO6/c1-25(2)13-31-24(32-14-25)19-21(28-3)16-10-11-17(26)20(27)18(16)22(29-4)23(19)30-12-15-8-6-5-7-9-15/h5-11,24,27H,12-14H2,1-4H3. The van der Waals surface area contributed by atoms with E-state index in [9.17, 15) is 5.11 Å². The second kappa shape index (κ2) is 9.17. The number of methoxy groups -OCH3 is 2. The Morgan fingerprint density at radius 1 is 0.969 bits per heavy atom. The topological polar surface area (TPSA) is 66.4 Å². The fraction of sp³-hybridized carbons (Fsp3) is 0.360. The molecule has 0 radical (unpaired) electrons. The molecule has 1 fully saturated rings. The fourth-order valence-electron chi connectivity index (χ4n) is 3.83. The molecule has 7 heteroatoms. The van der Waals surface area contributed by atoms with Crippen LogP contribution in [0.15, 0.2) is 46.9 Å². The summed E-state index contributed by atoms with van der Waals surface area (Å²) < 4.78 is 30.7. The van der Waals surface area contributed by atoms with Crippen LogP contribution in [0.2, 0.25) is 0 Å². The van der Waals surface area contributed by atoms with Crippen LogP contribution in [0.4, 0.5) is 0 Å². The van der Waals surface area contributed by atoms with Crippen molar-refractivity contribution in [1.82, 2.24) is 0 Å². The molecule has 1 heterocycles. The summed E-state index contributed by atoms with van der Waals surface area (Å²) in [6.45, 7) is 5.51. The zero-order chi connectivity index (χ0) is 22.9. The van der Waals surface area contributed by atoms with E-state index in [0.717, 1.165) is 5.56 Å². The van der Waals surface area contributed by atoms with E-state index in [-0.39, 0.29) is 11.2 Å². The predicted octanol–water partition coefficient (Wildman–Crippen LogP) is 5.98. The Labute approximate surface area is 196 Å². The lowest BCUT2D eigenvalue weighted by molar-refractivity contribution is -0.227. The molecular formula is C25H27BrO6. The molecule has 0 amide bonds. The van der Waals surface area contributed by atoms with Crippen LogP contribution >= 0.6 is 15.9 Å². The third-order valence-electron chi connectivity index (χ3n) is 5.42. The minimum absolute atomic E-state index is 0.0420. The van der Waals surface area contributed by atoms with Crippen molar-refractivity contribution in [2.45, 2.75) is 26.7 Å². The van der Waals surface area contributed by atoms with Gasteiger partial charge in [-0.2, -0.15) is 0 Å². The van der Waals surface area contributed by atoms with E-state index < -0.39 is 6.29 Å². The zero-order valence-electron chi connectivity index (χ0n) is 18.6. The Bertz CT molecular complexity index is 1100. The highest BCUT2D eigenvalue weighted by Crippen LogP contribution is 2.54. The summed E-state index contributed by atoms with van der Waals surface area (Å²) in [4.78, 5) is 0. The monoisotopic (exact) mass is 502 g/mol. The van der Waals surface area contributed by atoms with Crippen molar-refractivity contribution >= 4 is 26.7 Å². The lowest BCUT2D eigenvalue weighted by Gasteiger charge is -2.36. The summed E-state index contributed by atoms with van der Waals surface area (Å²) >= 11 is 3.40. The summed E-state index contributed by atoms with van der Waals surface area (Å²) in [7, 11) is 3.13. The number of aromatic hydroxyl groups is 1. The van der Waals surface area contributed by atoms with E-state index >= 15 is 0 Å². The molecule has 170 valence electrons. The van der Waals surface area contributed by atoms with Gasteiger partial charge in [-0.25, -0.2) is 0 Å². The van der Waals surface area contributed by atoms with E-state index in [1.54, 1.807) is 20.3 Å². The summed E-state index contributed by atoms with van der Waals surface area (Å²) in [6, 6.07) is 13.4. The smallest absolute Gasteiger partial charge is 0.191 e. The summed E-state index contributed by atoms with van der Waals surface area (Å²) in [5, 5.41) is 12.0. The van der Waals surface area contributed by atoms with Crippen molar-refractivity contribution in [3.8, 4) is 23.0 Å². The number of phenols is 1. The van der Waals surface area contributed by atoms with E-state index in [2.05, 4.69) is 29.8 Å². The van der Waals surface area contributed by atoms with Crippen LogP contribution < -0.4 is 14.2 Å². The van der Waals surface area contributed by atoms with Gasteiger partial charge < -0.3 is 28.8 Å². The van der Waals surface area contributed by atoms with Gasteiger partial charge in [-0.05, 0) is 33.6 Å². The summed E-state index contributed by atoms with van der Waals surface area (Å²) in [5.41, 5.74) is 1.49. The molecule has 4 rings (SSSR count). The quantitative estimate of drug-likeness (QED) is 0.447. The van der Waals surface area contributed by atoms with Gasteiger partial charge in [0.25, 0.3) is 0 Å². The van der Waals surface area contributed by atoms with Gasteiger partial charge in [-0.15, -0.1) is 0 Å². The van der Waals surface area contributed by atoms with Gasteiger partial charge in [0.2, 0.25) is 0 Å². The first-order valence-corrected chi connectivity index (χ1v) is 11.1. The van der Waals surface area contributed by atoms with Gasteiger partial charge in [-0.1, -0.05) is 44.2 Å². The molecule has 0 aliphatic carbocycles. The first kappa shape index (κ1) is 22.7. The van der Waals surface area contributed by atoms with Crippen LogP contribution in [-0.4, -0.2) is 32.5 Å². The molecule has 3 aromatic carbocycles. The highest BCUT2D eigenvalue weighted by Gasteiger charge is 2.36. The normalized spacial score (nSPS) is 16.2. The van der Waals surface area contributed by atoms with Crippen molar-refractivity contribution in [2.75, 3.05) is 27.4 Å². The van der Waals surface area contributed by atoms with Crippen LogP contribution in [0.5, 0.6) is 23.0 Å². The van der Waals surface area contributed by atoms with Crippen molar-refractivity contribution in [1.29, 1.82) is 0 Å². The third kappa shape index (κ3) is 4.25. The van der Waals surface area contributed by atoms with E-state index in [1.807, 2.05) is 36.4 Å². The first-order chi connectivity index (χ1) is 15.4. The SMILES string of the molecule is COc1c(C2OCC(C)(C)CO2)c(OCc2ccccc2)c(OC)c2c(O)c(Br)ccc12. The minimum Gasteiger partial charge on any atom is -0.506 e. The van der Waals surface area contributed by atoms with E-state index in [1.165, 1.54) is 0 Å². The second-order valence-electron chi connectivity index (χ2n) is 8.52. The average molecular weight is 503 g/mol. The molecule has 32 heavy (non-hydrogen) atoms.